The first-order valence-corrected chi connectivity index (χ1v) is 12.4. The highest BCUT2D eigenvalue weighted by molar-refractivity contribution is 6.30. The number of carbonyl (C=O) groups excluding carboxylic acids is 3. The highest BCUT2D eigenvalue weighted by Crippen LogP contribution is 2.45. The van der Waals surface area contributed by atoms with E-state index in [-0.39, 0.29) is 29.6 Å². The molecule has 7 nitrogen and oxygen atoms in total. The second-order valence-corrected chi connectivity index (χ2v) is 9.56. The standard InChI is InChI=1S/C29H23ClN4O3/c1-2-14-31-27(35)20-11-4-6-13-23(20)34-28(36)24-16-21-19-10-3-5-12-22(19)32-25(21)26(33(24)29(34)37)17-8-7-9-18(30)15-17/h2-13,15,24,26,32H,1,14,16H2,(H,31,35)/t24-,26+/m0/s1. The Hall–Kier alpha value is -4.36. The number of anilines is 1. The van der Waals surface area contributed by atoms with Gasteiger partial charge in [-0.1, -0.05) is 60.1 Å². The molecule has 1 fully saturated rings. The van der Waals surface area contributed by atoms with Gasteiger partial charge in [-0.25, -0.2) is 9.69 Å². The van der Waals surface area contributed by atoms with E-state index in [1.165, 1.54) is 0 Å². The van der Waals surface area contributed by atoms with Gasteiger partial charge in [-0.05, 0) is 41.5 Å². The fraction of sp³-hybridized carbons (Fsp3) is 0.138. The summed E-state index contributed by atoms with van der Waals surface area (Å²) in [4.78, 5) is 47.1. The van der Waals surface area contributed by atoms with Gasteiger partial charge in [0.15, 0.2) is 0 Å². The van der Waals surface area contributed by atoms with Crippen molar-refractivity contribution in [2.75, 3.05) is 11.4 Å². The lowest BCUT2D eigenvalue weighted by atomic mass is 9.89. The summed E-state index contributed by atoms with van der Waals surface area (Å²) >= 11 is 6.36. The first kappa shape index (κ1) is 23.1. The van der Waals surface area contributed by atoms with Crippen LogP contribution >= 0.6 is 11.6 Å². The van der Waals surface area contributed by atoms with Crippen LogP contribution in [0.15, 0.2) is 85.5 Å². The SMILES string of the molecule is C=CCNC(=O)c1ccccc1N1C(=O)[C@@H]2Cc3c([nH]c4ccccc34)[C@@H](c3cccc(Cl)c3)N2C1=O. The first-order valence-electron chi connectivity index (χ1n) is 12.0. The third-order valence-corrected chi connectivity index (χ3v) is 7.25. The number of halogens is 1. The number of fused-ring (bicyclic) bond motifs is 4. The smallest absolute Gasteiger partial charge is 0.332 e. The molecule has 4 amide bonds. The molecule has 1 aromatic heterocycles. The zero-order valence-electron chi connectivity index (χ0n) is 19.8. The third-order valence-electron chi connectivity index (χ3n) is 7.01. The van der Waals surface area contributed by atoms with Crippen molar-refractivity contribution in [2.24, 2.45) is 0 Å². The summed E-state index contributed by atoms with van der Waals surface area (Å²) in [5.74, 6) is -0.750. The molecule has 184 valence electrons. The van der Waals surface area contributed by atoms with E-state index in [9.17, 15) is 14.4 Å². The summed E-state index contributed by atoms with van der Waals surface area (Å²) in [6, 6.07) is 20.1. The first-order chi connectivity index (χ1) is 18.0. The van der Waals surface area contributed by atoms with Crippen LogP contribution in [0.4, 0.5) is 10.5 Å². The molecule has 0 bridgehead atoms. The van der Waals surface area contributed by atoms with Gasteiger partial charge in [-0.3, -0.25) is 14.5 Å². The monoisotopic (exact) mass is 510 g/mol. The van der Waals surface area contributed by atoms with Crippen molar-refractivity contribution >= 4 is 46.0 Å². The summed E-state index contributed by atoms with van der Waals surface area (Å²) in [6.07, 6.45) is 1.93. The van der Waals surface area contributed by atoms with Crippen LogP contribution in [0.25, 0.3) is 10.9 Å². The summed E-state index contributed by atoms with van der Waals surface area (Å²) in [5.41, 5.74) is 4.11. The molecule has 1 saturated heterocycles. The number of aromatic amines is 1. The third kappa shape index (κ3) is 3.62. The second-order valence-electron chi connectivity index (χ2n) is 9.12. The van der Waals surface area contributed by atoms with Crippen LogP contribution in [-0.2, 0) is 11.2 Å². The fourth-order valence-corrected chi connectivity index (χ4v) is 5.64. The highest BCUT2D eigenvalue weighted by atomic mass is 35.5. The van der Waals surface area contributed by atoms with Crippen LogP contribution in [-0.4, -0.2) is 40.3 Å². The minimum absolute atomic E-state index is 0.245. The number of para-hydroxylation sites is 2. The minimum Gasteiger partial charge on any atom is -0.356 e. The molecule has 0 aliphatic carbocycles. The van der Waals surface area contributed by atoms with Crippen LogP contribution in [0.3, 0.4) is 0 Å². The molecule has 2 N–H and O–H groups in total. The van der Waals surface area contributed by atoms with Crippen molar-refractivity contribution in [3.63, 3.8) is 0 Å². The summed E-state index contributed by atoms with van der Waals surface area (Å²) in [5, 5.41) is 4.30. The van der Waals surface area contributed by atoms with Gasteiger partial charge in [0.1, 0.15) is 12.1 Å². The van der Waals surface area contributed by atoms with Crippen molar-refractivity contribution in [3.8, 4) is 0 Å². The summed E-state index contributed by atoms with van der Waals surface area (Å²) in [6.45, 7) is 3.89. The van der Waals surface area contributed by atoms with Crippen LogP contribution < -0.4 is 10.2 Å². The van der Waals surface area contributed by atoms with E-state index in [0.29, 0.717) is 11.4 Å². The summed E-state index contributed by atoms with van der Waals surface area (Å²) in [7, 11) is 0. The summed E-state index contributed by atoms with van der Waals surface area (Å²) < 4.78 is 0. The van der Waals surface area contributed by atoms with Gasteiger partial charge >= 0.3 is 6.03 Å². The number of imide groups is 1. The maximum atomic E-state index is 14.1. The largest absolute Gasteiger partial charge is 0.356 e. The van der Waals surface area contributed by atoms with Crippen molar-refractivity contribution in [1.29, 1.82) is 0 Å². The van der Waals surface area contributed by atoms with Crippen LogP contribution in [0, 0.1) is 0 Å². The van der Waals surface area contributed by atoms with Gasteiger partial charge in [0.2, 0.25) is 0 Å². The number of aromatic nitrogens is 1. The molecule has 3 heterocycles. The number of nitrogens with zero attached hydrogens (tertiary/aromatic N) is 2. The average molecular weight is 511 g/mol. The van der Waals surface area contributed by atoms with Gasteiger partial charge < -0.3 is 10.3 Å². The van der Waals surface area contributed by atoms with Crippen molar-refractivity contribution in [3.05, 3.63) is 113 Å². The Bertz CT molecular complexity index is 1590. The zero-order chi connectivity index (χ0) is 25.7. The van der Waals surface area contributed by atoms with Crippen molar-refractivity contribution < 1.29 is 14.4 Å². The van der Waals surface area contributed by atoms with Crippen LogP contribution in [0.1, 0.15) is 33.2 Å². The molecule has 37 heavy (non-hydrogen) atoms. The second kappa shape index (κ2) is 8.94. The molecule has 2 atom stereocenters. The van der Waals surface area contributed by atoms with Gasteiger partial charge in [0.25, 0.3) is 11.8 Å². The molecule has 6 rings (SSSR count). The predicted molar refractivity (Wildman–Crippen MR) is 143 cm³/mol. The number of rotatable bonds is 5. The zero-order valence-corrected chi connectivity index (χ0v) is 20.5. The normalized spacial score (nSPS) is 18.6. The van der Waals surface area contributed by atoms with Crippen LogP contribution in [0.2, 0.25) is 5.02 Å². The van der Waals surface area contributed by atoms with Crippen molar-refractivity contribution in [1.82, 2.24) is 15.2 Å². The van der Waals surface area contributed by atoms with E-state index in [4.69, 9.17) is 11.6 Å². The quantitative estimate of drug-likeness (QED) is 0.285. The molecule has 3 aromatic carbocycles. The molecular formula is C29H23ClN4O3. The number of nitrogens with one attached hydrogen (secondary N) is 2. The maximum Gasteiger partial charge on any atom is 0.332 e. The molecule has 4 aromatic rings. The lowest BCUT2D eigenvalue weighted by molar-refractivity contribution is -0.120. The minimum atomic E-state index is -0.729. The predicted octanol–water partition coefficient (Wildman–Crippen LogP) is 5.22. The Labute approximate surface area is 218 Å². The molecule has 2 aliphatic heterocycles. The maximum absolute atomic E-state index is 14.1. The molecule has 0 spiro atoms. The number of H-pyrrole nitrogens is 1. The van der Waals surface area contributed by atoms with E-state index < -0.39 is 18.1 Å². The number of hydrogen-bond donors (Lipinski definition) is 2. The van der Waals surface area contributed by atoms with Gasteiger partial charge in [0.05, 0.1) is 11.3 Å². The van der Waals surface area contributed by atoms with E-state index >= 15 is 0 Å². The van der Waals surface area contributed by atoms with Gasteiger partial charge in [0, 0.05) is 34.6 Å². The lowest BCUT2D eigenvalue weighted by Gasteiger charge is -2.36. The number of urea groups is 1. The number of carbonyl (C=O) groups is 3. The molecule has 0 saturated carbocycles. The van der Waals surface area contributed by atoms with E-state index in [1.807, 2.05) is 42.5 Å². The average Bonchev–Trinajstić information content (AvgIpc) is 3.40. The number of benzene rings is 3. The fourth-order valence-electron chi connectivity index (χ4n) is 5.44. The Balaban J connectivity index is 1.50. The Morgan fingerprint density at radius 2 is 1.86 bits per heavy atom. The van der Waals surface area contributed by atoms with Crippen LogP contribution in [0.5, 0.6) is 0 Å². The molecular weight excluding hydrogens is 488 g/mol. The molecule has 2 aliphatic rings. The lowest BCUT2D eigenvalue weighted by Crippen LogP contribution is -2.44. The van der Waals surface area contributed by atoms with Gasteiger partial charge in [-0.15, -0.1) is 6.58 Å². The van der Waals surface area contributed by atoms with E-state index in [0.717, 1.165) is 32.6 Å². The number of hydrogen-bond acceptors (Lipinski definition) is 3. The van der Waals surface area contributed by atoms with Gasteiger partial charge in [-0.2, -0.15) is 0 Å². The van der Waals surface area contributed by atoms with E-state index in [2.05, 4.69) is 16.9 Å². The number of amides is 4. The molecule has 0 unspecified atom stereocenters. The van der Waals surface area contributed by atoms with Crippen molar-refractivity contribution in [2.45, 2.75) is 18.5 Å². The highest BCUT2D eigenvalue weighted by Gasteiger charge is 2.53. The Morgan fingerprint density at radius 1 is 1.08 bits per heavy atom. The molecule has 0 radical (unpaired) electrons. The van der Waals surface area contributed by atoms with E-state index in [1.54, 1.807) is 41.3 Å². The molecule has 8 heteroatoms. The topological polar surface area (TPSA) is 85.5 Å². The Morgan fingerprint density at radius 3 is 2.68 bits per heavy atom. The Kier molecular flexibility index (Phi) is 5.57.